The second-order valence-corrected chi connectivity index (χ2v) is 9.46. The number of hydrogen-bond acceptors (Lipinski definition) is 4. The number of hydrogen-bond donors (Lipinski definition) is 1. The number of rotatable bonds is 7. The molecule has 1 N–H and O–H groups in total. The van der Waals surface area contributed by atoms with E-state index in [1.807, 2.05) is 0 Å². The van der Waals surface area contributed by atoms with Gasteiger partial charge in [0.2, 0.25) is 0 Å². The van der Waals surface area contributed by atoms with Crippen LogP contribution < -0.4 is 10.1 Å². The summed E-state index contributed by atoms with van der Waals surface area (Å²) in [6.07, 6.45) is -3.44. The zero-order valence-electron chi connectivity index (χ0n) is 18.4. The molecule has 0 atom stereocenters. The molecule has 0 aliphatic heterocycles. The summed E-state index contributed by atoms with van der Waals surface area (Å²) in [7, 11) is -2.49. The second-order valence-electron chi connectivity index (χ2n) is 7.65. The topological polar surface area (TPSA) is 60.3 Å². The van der Waals surface area contributed by atoms with E-state index in [-0.39, 0.29) is 16.2 Å². The Morgan fingerprint density at radius 1 is 0.914 bits per heavy atom. The summed E-state index contributed by atoms with van der Waals surface area (Å²) in [5, 5.41) is 2.94. The van der Waals surface area contributed by atoms with Crippen molar-refractivity contribution in [2.24, 2.45) is 0 Å². The van der Waals surface area contributed by atoms with Crippen molar-refractivity contribution in [3.05, 3.63) is 96.4 Å². The van der Waals surface area contributed by atoms with Crippen molar-refractivity contribution < 1.29 is 30.7 Å². The molecule has 0 fully saturated rings. The molecule has 0 aliphatic carbocycles. The normalized spacial score (nSPS) is 12.0. The highest BCUT2D eigenvalue weighted by Gasteiger charge is 2.31. The second kappa shape index (κ2) is 9.55. The van der Waals surface area contributed by atoms with Gasteiger partial charge in [0.1, 0.15) is 11.6 Å². The highest BCUT2D eigenvalue weighted by molar-refractivity contribution is 7.90. The number of benzene rings is 3. The summed E-state index contributed by atoms with van der Waals surface area (Å²) in [6.45, 7) is 0.357. The molecule has 0 radical (unpaired) electrons. The van der Waals surface area contributed by atoms with Crippen LogP contribution >= 0.6 is 0 Å². The lowest BCUT2D eigenvalue weighted by atomic mass is 10.1. The van der Waals surface area contributed by atoms with Crippen molar-refractivity contribution in [1.29, 1.82) is 0 Å². The van der Waals surface area contributed by atoms with E-state index in [0.29, 0.717) is 23.2 Å². The van der Waals surface area contributed by atoms with Crippen LogP contribution in [0.5, 0.6) is 5.75 Å². The predicted octanol–water partition coefficient (Wildman–Crippen LogP) is 5.82. The largest absolute Gasteiger partial charge is 0.573 e. The summed E-state index contributed by atoms with van der Waals surface area (Å²) in [5.41, 5.74) is 1.60. The highest BCUT2D eigenvalue weighted by Crippen LogP contribution is 2.32. The van der Waals surface area contributed by atoms with Crippen LogP contribution in [-0.2, 0) is 16.6 Å². The van der Waals surface area contributed by atoms with Gasteiger partial charge in [-0.3, -0.25) is 0 Å². The molecule has 182 valence electrons. The quantitative estimate of drug-likeness (QED) is 0.323. The van der Waals surface area contributed by atoms with Gasteiger partial charge in [0.25, 0.3) is 10.0 Å². The number of nitrogens with one attached hydrogen (secondary N) is 1. The summed E-state index contributed by atoms with van der Waals surface area (Å²) in [6, 6.07) is 18.5. The standard InChI is InChI=1S/C25H20F4N2O3S/c1-30-15-17-12-24(22-10-2-3-11-23(22)26)31(16-17)35(32,33)21-9-5-7-19(14-21)18-6-4-8-20(13-18)34-25(27,28)29/h2-14,16,30H,15H2,1H3. The minimum Gasteiger partial charge on any atom is -0.406 e. The molecule has 0 saturated heterocycles. The lowest BCUT2D eigenvalue weighted by Gasteiger charge is -2.13. The smallest absolute Gasteiger partial charge is 0.406 e. The number of halogens is 4. The van der Waals surface area contributed by atoms with Gasteiger partial charge in [-0.2, -0.15) is 0 Å². The van der Waals surface area contributed by atoms with E-state index < -0.39 is 28.0 Å². The maximum atomic E-state index is 14.6. The average Bonchev–Trinajstić information content (AvgIpc) is 3.23. The average molecular weight is 505 g/mol. The zero-order chi connectivity index (χ0) is 25.2. The predicted molar refractivity (Wildman–Crippen MR) is 124 cm³/mol. The van der Waals surface area contributed by atoms with Gasteiger partial charge < -0.3 is 10.1 Å². The van der Waals surface area contributed by atoms with E-state index in [9.17, 15) is 26.0 Å². The van der Waals surface area contributed by atoms with Crippen molar-refractivity contribution in [2.75, 3.05) is 7.05 Å². The van der Waals surface area contributed by atoms with Crippen molar-refractivity contribution in [3.8, 4) is 28.1 Å². The van der Waals surface area contributed by atoms with Gasteiger partial charge in [-0.25, -0.2) is 16.8 Å². The maximum Gasteiger partial charge on any atom is 0.573 e. The first kappa shape index (κ1) is 24.5. The Morgan fingerprint density at radius 3 is 2.29 bits per heavy atom. The fourth-order valence-electron chi connectivity index (χ4n) is 3.68. The first-order valence-electron chi connectivity index (χ1n) is 10.4. The fourth-order valence-corrected chi connectivity index (χ4v) is 5.12. The molecule has 0 saturated carbocycles. The van der Waals surface area contributed by atoms with E-state index in [2.05, 4.69) is 10.1 Å². The van der Waals surface area contributed by atoms with Crippen LogP contribution in [0.1, 0.15) is 5.56 Å². The minimum absolute atomic E-state index is 0.110. The number of nitrogens with zero attached hydrogens (tertiary/aromatic N) is 1. The molecule has 4 rings (SSSR count). The Hall–Kier alpha value is -3.63. The summed E-state index contributed by atoms with van der Waals surface area (Å²) in [4.78, 5) is -0.110. The molecule has 0 amide bonds. The molecule has 4 aromatic rings. The van der Waals surface area contributed by atoms with Gasteiger partial charge in [-0.1, -0.05) is 36.4 Å². The number of ether oxygens (including phenoxy) is 1. The molecule has 35 heavy (non-hydrogen) atoms. The third-order valence-electron chi connectivity index (χ3n) is 5.17. The molecular weight excluding hydrogens is 484 g/mol. The Balaban J connectivity index is 1.79. The first-order valence-corrected chi connectivity index (χ1v) is 11.8. The Bertz CT molecular complexity index is 1460. The molecule has 3 aromatic carbocycles. The summed E-state index contributed by atoms with van der Waals surface area (Å²) >= 11 is 0. The third-order valence-corrected chi connectivity index (χ3v) is 6.83. The van der Waals surface area contributed by atoms with Crippen molar-refractivity contribution in [2.45, 2.75) is 17.8 Å². The van der Waals surface area contributed by atoms with Crippen LogP contribution in [0.4, 0.5) is 17.6 Å². The van der Waals surface area contributed by atoms with E-state index in [0.717, 1.165) is 10.0 Å². The maximum absolute atomic E-state index is 14.6. The Kier molecular flexibility index (Phi) is 6.68. The van der Waals surface area contributed by atoms with Gasteiger partial charge in [0, 0.05) is 18.3 Å². The fraction of sp³-hybridized carbons (Fsp3) is 0.120. The molecule has 1 heterocycles. The van der Waals surface area contributed by atoms with Crippen molar-refractivity contribution >= 4 is 10.0 Å². The molecule has 0 aliphatic rings. The lowest BCUT2D eigenvalue weighted by Crippen LogP contribution is -2.17. The molecule has 10 heteroatoms. The van der Waals surface area contributed by atoms with E-state index in [4.69, 9.17) is 0 Å². The molecule has 0 unspecified atom stereocenters. The molecular formula is C25H20F4N2O3S. The Morgan fingerprint density at radius 2 is 1.60 bits per heavy atom. The van der Waals surface area contributed by atoms with Gasteiger partial charge in [-0.05, 0) is 66.2 Å². The molecule has 5 nitrogen and oxygen atoms in total. The number of alkyl halides is 3. The van der Waals surface area contributed by atoms with Crippen LogP contribution in [0.25, 0.3) is 22.4 Å². The van der Waals surface area contributed by atoms with E-state index in [1.54, 1.807) is 31.3 Å². The van der Waals surface area contributed by atoms with Crippen molar-refractivity contribution in [3.63, 3.8) is 0 Å². The SMILES string of the molecule is CNCc1cc(-c2ccccc2F)n(S(=O)(=O)c2cccc(-c3cccc(OC(F)(F)F)c3)c2)c1. The lowest BCUT2D eigenvalue weighted by molar-refractivity contribution is -0.274. The van der Waals surface area contributed by atoms with Crippen LogP contribution in [0.15, 0.2) is 90.0 Å². The molecule has 0 spiro atoms. The highest BCUT2D eigenvalue weighted by atomic mass is 32.2. The van der Waals surface area contributed by atoms with Gasteiger partial charge in [0.05, 0.1) is 10.6 Å². The monoisotopic (exact) mass is 504 g/mol. The summed E-state index contributed by atoms with van der Waals surface area (Å²) in [5.74, 6) is -1.000. The third kappa shape index (κ3) is 5.39. The van der Waals surface area contributed by atoms with E-state index >= 15 is 0 Å². The molecule has 0 bridgehead atoms. The number of aromatic nitrogens is 1. The van der Waals surface area contributed by atoms with Crippen LogP contribution in [0.3, 0.4) is 0 Å². The van der Waals surface area contributed by atoms with Gasteiger partial charge in [-0.15, -0.1) is 13.2 Å². The van der Waals surface area contributed by atoms with E-state index in [1.165, 1.54) is 54.7 Å². The van der Waals surface area contributed by atoms with Gasteiger partial charge in [0.15, 0.2) is 0 Å². The first-order chi connectivity index (χ1) is 16.6. The van der Waals surface area contributed by atoms with Gasteiger partial charge >= 0.3 is 6.36 Å². The van der Waals surface area contributed by atoms with Crippen LogP contribution in [0, 0.1) is 5.82 Å². The minimum atomic E-state index is -4.85. The van der Waals surface area contributed by atoms with Crippen molar-refractivity contribution in [1.82, 2.24) is 9.29 Å². The molecule has 1 aromatic heterocycles. The zero-order valence-corrected chi connectivity index (χ0v) is 19.2. The Labute approximate surface area is 199 Å². The van der Waals surface area contributed by atoms with Crippen LogP contribution in [-0.4, -0.2) is 25.8 Å². The van der Waals surface area contributed by atoms with Crippen LogP contribution in [0.2, 0.25) is 0 Å². The summed E-state index contributed by atoms with van der Waals surface area (Å²) < 4.78 is 84.7.